The quantitative estimate of drug-likeness (QED) is 0.894. The van der Waals surface area contributed by atoms with Crippen LogP contribution >= 0.6 is 11.6 Å². The molecule has 1 saturated carbocycles. The molecule has 2 atom stereocenters. The van der Waals surface area contributed by atoms with Gasteiger partial charge >= 0.3 is 0 Å². The van der Waals surface area contributed by atoms with Crippen molar-refractivity contribution in [3.8, 4) is 5.75 Å². The second-order valence-corrected chi connectivity index (χ2v) is 6.24. The van der Waals surface area contributed by atoms with Crippen molar-refractivity contribution in [2.24, 2.45) is 11.1 Å². The highest BCUT2D eigenvalue weighted by Gasteiger charge is 2.41. The van der Waals surface area contributed by atoms with E-state index in [4.69, 9.17) is 22.1 Å². The van der Waals surface area contributed by atoms with Gasteiger partial charge in [0.1, 0.15) is 5.75 Å². The molecule has 3 rings (SSSR count). The molecule has 19 heavy (non-hydrogen) atoms. The molecule has 1 aliphatic heterocycles. The van der Waals surface area contributed by atoms with Crippen molar-refractivity contribution in [1.29, 1.82) is 0 Å². The number of hydrogen-bond donors (Lipinski definition) is 2. The molecule has 0 bridgehead atoms. The number of halogens is 1. The van der Waals surface area contributed by atoms with Crippen molar-refractivity contribution >= 4 is 11.6 Å². The number of benzene rings is 1. The van der Waals surface area contributed by atoms with Crippen LogP contribution in [0.5, 0.6) is 5.75 Å². The summed E-state index contributed by atoms with van der Waals surface area (Å²) in [5.41, 5.74) is 8.04. The first-order valence-corrected chi connectivity index (χ1v) is 7.35. The summed E-state index contributed by atoms with van der Waals surface area (Å²) in [7, 11) is 0. The maximum absolute atomic E-state index is 10.3. The zero-order valence-corrected chi connectivity index (χ0v) is 11.7. The fourth-order valence-corrected chi connectivity index (χ4v) is 3.76. The van der Waals surface area contributed by atoms with E-state index in [0.29, 0.717) is 6.54 Å². The Balaban J connectivity index is 1.95. The van der Waals surface area contributed by atoms with Gasteiger partial charge < -0.3 is 15.6 Å². The summed E-state index contributed by atoms with van der Waals surface area (Å²) in [6.07, 6.45) is 4.23. The van der Waals surface area contributed by atoms with Crippen molar-refractivity contribution in [1.82, 2.24) is 0 Å². The van der Waals surface area contributed by atoms with E-state index in [2.05, 4.69) is 0 Å². The van der Waals surface area contributed by atoms with Crippen LogP contribution in [0.15, 0.2) is 12.1 Å². The minimum atomic E-state index is -0.312. The zero-order valence-electron chi connectivity index (χ0n) is 11.0. The normalized spacial score (nSPS) is 29.3. The van der Waals surface area contributed by atoms with Crippen molar-refractivity contribution in [3.63, 3.8) is 0 Å². The number of aliphatic hydroxyl groups is 1. The Hall–Kier alpha value is -0.770. The van der Waals surface area contributed by atoms with Crippen LogP contribution < -0.4 is 10.5 Å². The van der Waals surface area contributed by atoms with Crippen LogP contribution in [0.2, 0.25) is 5.02 Å². The number of fused-ring (bicyclic) bond motifs is 1. The van der Waals surface area contributed by atoms with E-state index in [9.17, 15) is 5.11 Å². The third-order valence-electron chi connectivity index (χ3n) is 4.63. The molecule has 0 amide bonds. The Morgan fingerprint density at radius 3 is 3.00 bits per heavy atom. The van der Waals surface area contributed by atoms with Gasteiger partial charge in [-0.2, -0.15) is 0 Å². The van der Waals surface area contributed by atoms with Crippen LogP contribution in [0.3, 0.4) is 0 Å². The summed E-state index contributed by atoms with van der Waals surface area (Å²) >= 11 is 6.19. The molecule has 3 nitrogen and oxygen atoms in total. The molecule has 2 aliphatic rings. The Labute approximate surface area is 118 Å². The van der Waals surface area contributed by atoms with Crippen molar-refractivity contribution in [2.75, 3.05) is 13.2 Å². The van der Waals surface area contributed by atoms with Crippen molar-refractivity contribution in [2.45, 2.75) is 38.2 Å². The topological polar surface area (TPSA) is 55.5 Å². The number of ether oxygens (including phenoxy) is 1. The van der Waals surface area contributed by atoms with Crippen LogP contribution in [-0.2, 0) is 12.8 Å². The second kappa shape index (κ2) is 4.97. The van der Waals surface area contributed by atoms with Gasteiger partial charge in [-0.05, 0) is 42.5 Å². The van der Waals surface area contributed by atoms with Crippen LogP contribution in [0.25, 0.3) is 0 Å². The van der Waals surface area contributed by atoms with Crippen LogP contribution in [0, 0.1) is 5.41 Å². The van der Waals surface area contributed by atoms with E-state index in [1.54, 1.807) is 0 Å². The maximum Gasteiger partial charge on any atom is 0.125 e. The fourth-order valence-electron chi connectivity index (χ4n) is 3.49. The molecule has 0 aromatic heterocycles. The Kier molecular flexibility index (Phi) is 3.46. The maximum atomic E-state index is 10.3. The molecule has 1 aromatic rings. The second-order valence-electron chi connectivity index (χ2n) is 5.80. The number of aliphatic hydroxyl groups excluding tert-OH is 1. The minimum absolute atomic E-state index is 0.204. The summed E-state index contributed by atoms with van der Waals surface area (Å²) < 4.78 is 5.74. The molecule has 1 aliphatic carbocycles. The Bertz CT molecular complexity index is 491. The fraction of sp³-hybridized carbons (Fsp3) is 0.600. The number of nitrogens with two attached hydrogens (primary N) is 1. The van der Waals surface area contributed by atoms with Crippen LogP contribution in [-0.4, -0.2) is 24.4 Å². The first-order valence-electron chi connectivity index (χ1n) is 6.97. The average molecular weight is 282 g/mol. The minimum Gasteiger partial charge on any atom is -0.493 e. The highest BCUT2D eigenvalue weighted by molar-refractivity contribution is 6.30. The molecule has 1 aromatic carbocycles. The summed E-state index contributed by atoms with van der Waals surface area (Å²) in [5.74, 6) is 0.969. The summed E-state index contributed by atoms with van der Waals surface area (Å²) in [4.78, 5) is 0. The molecule has 0 spiro atoms. The van der Waals surface area contributed by atoms with Gasteiger partial charge in [0.15, 0.2) is 0 Å². The third-order valence-corrected chi connectivity index (χ3v) is 4.85. The highest BCUT2D eigenvalue weighted by atomic mass is 35.5. The molecule has 2 unspecified atom stereocenters. The largest absolute Gasteiger partial charge is 0.493 e. The SMILES string of the molecule is NCC1(Cc2cc(Cl)cc3c2OCC3)CCCC1O. The molecular weight excluding hydrogens is 262 g/mol. The lowest BCUT2D eigenvalue weighted by Crippen LogP contribution is -2.39. The number of rotatable bonds is 3. The van der Waals surface area contributed by atoms with Gasteiger partial charge in [-0.1, -0.05) is 18.0 Å². The van der Waals surface area contributed by atoms with E-state index < -0.39 is 0 Å². The van der Waals surface area contributed by atoms with Gasteiger partial charge in [0, 0.05) is 23.4 Å². The van der Waals surface area contributed by atoms with E-state index in [-0.39, 0.29) is 11.5 Å². The van der Waals surface area contributed by atoms with Crippen molar-refractivity contribution < 1.29 is 9.84 Å². The van der Waals surface area contributed by atoms with Crippen LogP contribution in [0.1, 0.15) is 30.4 Å². The zero-order chi connectivity index (χ0) is 13.5. The van der Waals surface area contributed by atoms with Gasteiger partial charge in [-0.25, -0.2) is 0 Å². The third kappa shape index (κ3) is 2.24. The van der Waals surface area contributed by atoms with Gasteiger partial charge in [0.25, 0.3) is 0 Å². The first-order chi connectivity index (χ1) is 9.14. The predicted octanol–water partition coefficient (Wildman–Crippen LogP) is 2.31. The standard InChI is InChI=1S/C15H20ClNO2/c16-12-6-10-3-5-19-14(10)11(7-12)8-15(9-17)4-1-2-13(15)18/h6-7,13,18H,1-5,8-9,17H2. The number of hydrogen-bond acceptors (Lipinski definition) is 3. The van der Waals surface area contributed by atoms with Crippen LogP contribution in [0.4, 0.5) is 0 Å². The van der Waals surface area contributed by atoms with Gasteiger partial charge in [-0.15, -0.1) is 0 Å². The molecular formula is C15H20ClNO2. The molecule has 104 valence electrons. The Morgan fingerprint density at radius 2 is 2.32 bits per heavy atom. The molecule has 1 heterocycles. The van der Waals surface area contributed by atoms with Gasteiger partial charge in [0.05, 0.1) is 12.7 Å². The molecule has 0 radical (unpaired) electrons. The highest BCUT2D eigenvalue weighted by Crippen LogP contribution is 2.44. The Morgan fingerprint density at radius 1 is 1.47 bits per heavy atom. The van der Waals surface area contributed by atoms with Crippen molar-refractivity contribution in [3.05, 3.63) is 28.3 Å². The van der Waals surface area contributed by atoms with Gasteiger partial charge in [-0.3, -0.25) is 0 Å². The lowest BCUT2D eigenvalue weighted by Gasteiger charge is -2.32. The summed E-state index contributed by atoms with van der Waals surface area (Å²) in [6.45, 7) is 1.23. The average Bonchev–Trinajstić information content (AvgIpc) is 2.97. The lowest BCUT2D eigenvalue weighted by molar-refractivity contribution is 0.0584. The molecule has 3 N–H and O–H groups in total. The molecule has 1 fully saturated rings. The van der Waals surface area contributed by atoms with Gasteiger partial charge in [0.2, 0.25) is 0 Å². The first kappa shape index (κ1) is 13.2. The summed E-state index contributed by atoms with van der Waals surface area (Å²) in [5, 5.41) is 11.0. The lowest BCUT2D eigenvalue weighted by atomic mass is 9.78. The van der Waals surface area contributed by atoms with E-state index in [1.165, 1.54) is 5.56 Å². The monoisotopic (exact) mass is 281 g/mol. The molecule has 4 heteroatoms. The molecule has 0 saturated heterocycles. The predicted molar refractivity (Wildman–Crippen MR) is 75.7 cm³/mol. The van der Waals surface area contributed by atoms with E-state index in [1.807, 2.05) is 12.1 Å². The summed E-state index contributed by atoms with van der Waals surface area (Å²) in [6, 6.07) is 3.95. The smallest absolute Gasteiger partial charge is 0.125 e. The van der Waals surface area contributed by atoms with E-state index >= 15 is 0 Å². The van der Waals surface area contributed by atoms with E-state index in [0.717, 1.165) is 55.0 Å².